The van der Waals surface area contributed by atoms with Crippen LogP contribution in [0.15, 0.2) is 12.3 Å². The van der Waals surface area contributed by atoms with E-state index in [4.69, 9.17) is 11.2 Å². The fourth-order valence-electron chi connectivity index (χ4n) is 1.29. The van der Waals surface area contributed by atoms with E-state index in [1.165, 1.54) is 0 Å². The van der Waals surface area contributed by atoms with Gasteiger partial charge >= 0.3 is 0 Å². The van der Waals surface area contributed by atoms with Crippen molar-refractivity contribution in [1.29, 1.82) is 0 Å². The predicted molar refractivity (Wildman–Crippen MR) is 69.0 cm³/mol. The normalized spacial score (nSPS) is 10.0. The maximum atomic E-state index is 5.48. The Kier molecular flexibility index (Phi) is 5.87. The quantitative estimate of drug-likeness (QED) is 0.580. The maximum Gasteiger partial charge on any atom is 0.225 e. The maximum absolute atomic E-state index is 5.48. The Balaban J connectivity index is 2.35. The van der Waals surface area contributed by atoms with Crippen molar-refractivity contribution in [1.82, 2.24) is 9.97 Å². The Labute approximate surface area is 103 Å². The highest BCUT2D eigenvalue weighted by Gasteiger charge is 2.01. The lowest BCUT2D eigenvalue weighted by Gasteiger charge is -2.09. The van der Waals surface area contributed by atoms with Crippen molar-refractivity contribution in [2.24, 2.45) is 0 Å². The summed E-state index contributed by atoms with van der Waals surface area (Å²) in [6.45, 7) is 4.76. The standard InChI is InChI=1S/C13H19N3O/c1-4-5-6-7-9-14-13-15-10-8-12(16-13)17-11(2)3/h1,8,10-11H,5-7,9H2,2-3H3,(H,14,15,16). The summed E-state index contributed by atoms with van der Waals surface area (Å²) in [6.07, 6.45) is 9.84. The van der Waals surface area contributed by atoms with Crippen LogP contribution in [-0.2, 0) is 0 Å². The number of nitrogens with zero attached hydrogens (tertiary/aromatic N) is 2. The van der Waals surface area contributed by atoms with Crippen LogP contribution >= 0.6 is 0 Å². The van der Waals surface area contributed by atoms with E-state index in [0.717, 1.165) is 25.8 Å². The molecule has 0 saturated carbocycles. The number of aromatic nitrogens is 2. The van der Waals surface area contributed by atoms with E-state index in [-0.39, 0.29) is 6.10 Å². The zero-order valence-electron chi connectivity index (χ0n) is 10.4. The lowest BCUT2D eigenvalue weighted by Crippen LogP contribution is -2.09. The molecule has 4 nitrogen and oxygen atoms in total. The highest BCUT2D eigenvalue weighted by atomic mass is 16.5. The molecular weight excluding hydrogens is 214 g/mol. The van der Waals surface area contributed by atoms with Crippen LogP contribution in [0, 0.1) is 12.3 Å². The van der Waals surface area contributed by atoms with E-state index in [1.807, 2.05) is 13.8 Å². The van der Waals surface area contributed by atoms with E-state index >= 15 is 0 Å². The van der Waals surface area contributed by atoms with Crippen LogP contribution in [0.2, 0.25) is 0 Å². The minimum Gasteiger partial charge on any atom is -0.475 e. The second kappa shape index (κ2) is 7.50. The molecular formula is C13H19N3O. The van der Waals surface area contributed by atoms with Crippen molar-refractivity contribution in [3.63, 3.8) is 0 Å². The van der Waals surface area contributed by atoms with Crippen molar-refractivity contribution in [2.45, 2.75) is 39.2 Å². The molecule has 0 atom stereocenters. The fraction of sp³-hybridized carbons (Fsp3) is 0.538. The lowest BCUT2D eigenvalue weighted by atomic mass is 10.2. The number of hydrogen-bond acceptors (Lipinski definition) is 4. The smallest absolute Gasteiger partial charge is 0.225 e. The first-order chi connectivity index (χ1) is 8.22. The Bertz CT molecular complexity index is 371. The van der Waals surface area contributed by atoms with Gasteiger partial charge in [0.1, 0.15) is 0 Å². The molecule has 0 amide bonds. The number of terminal acetylenes is 1. The van der Waals surface area contributed by atoms with Gasteiger partial charge < -0.3 is 10.1 Å². The van der Waals surface area contributed by atoms with Crippen LogP contribution in [-0.4, -0.2) is 22.6 Å². The average molecular weight is 233 g/mol. The van der Waals surface area contributed by atoms with Crippen molar-refractivity contribution in [3.8, 4) is 18.2 Å². The summed E-state index contributed by atoms with van der Waals surface area (Å²) in [5.74, 6) is 3.82. The largest absolute Gasteiger partial charge is 0.475 e. The number of unbranched alkanes of at least 4 members (excludes halogenated alkanes) is 2. The first-order valence-electron chi connectivity index (χ1n) is 5.89. The van der Waals surface area contributed by atoms with E-state index in [1.54, 1.807) is 12.3 Å². The van der Waals surface area contributed by atoms with Crippen LogP contribution in [0.5, 0.6) is 5.88 Å². The van der Waals surface area contributed by atoms with E-state index < -0.39 is 0 Å². The Morgan fingerprint density at radius 2 is 2.29 bits per heavy atom. The van der Waals surface area contributed by atoms with Gasteiger partial charge in [-0.25, -0.2) is 4.98 Å². The third-order valence-corrected chi connectivity index (χ3v) is 2.02. The number of nitrogens with one attached hydrogen (secondary N) is 1. The van der Waals surface area contributed by atoms with Crippen LogP contribution in [0.4, 0.5) is 5.95 Å². The van der Waals surface area contributed by atoms with Gasteiger partial charge in [-0.05, 0) is 26.7 Å². The van der Waals surface area contributed by atoms with Crippen LogP contribution in [0.1, 0.15) is 33.1 Å². The third kappa shape index (κ3) is 5.76. The van der Waals surface area contributed by atoms with E-state index in [0.29, 0.717) is 11.8 Å². The molecule has 0 aromatic carbocycles. The highest BCUT2D eigenvalue weighted by molar-refractivity contribution is 5.27. The Hall–Kier alpha value is -1.76. The number of anilines is 1. The van der Waals surface area contributed by atoms with Gasteiger partial charge in [0.25, 0.3) is 0 Å². The topological polar surface area (TPSA) is 47.0 Å². The summed E-state index contributed by atoms with van der Waals surface area (Å²) in [5.41, 5.74) is 0. The van der Waals surface area contributed by atoms with Gasteiger partial charge in [-0.1, -0.05) is 0 Å². The molecule has 4 heteroatoms. The molecule has 0 fully saturated rings. The molecule has 17 heavy (non-hydrogen) atoms. The molecule has 0 aliphatic rings. The van der Waals surface area contributed by atoms with Gasteiger partial charge in [-0.3, -0.25) is 0 Å². The summed E-state index contributed by atoms with van der Waals surface area (Å²) in [5, 5.41) is 3.15. The molecule has 92 valence electrons. The molecule has 0 aliphatic heterocycles. The van der Waals surface area contributed by atoms with Crippen molar-refractivity contribution >= 4 is 5.95 Å². The Morgan fingerprint density at radius 3 is 3.00 bits per heavy atom. The highest BCUT2D eigenvalue weighted by Crippen LogP contribution is 2.10. The summed E-state index contributed by atoms with van der Waals surface area (Å²) in [6, 6.07) is 1.75. The minimum absolute atomic E-state index is 0.119. The summed E-state index contributed by atoms with van der Waals surface area (Å²) >= 11 is 0. The van der Waals surface area contributed by atoms with E-state index in [2.05, 4.69) is 21.2 Å². The summed E-state index contributed by atoms with van der Waals surface area (Å²) in [7, 11) is 0. The van der Waals surface area contributed by atoms with Crippen LogP contribution in [0.3, 0.4) is 0 Å². The molecule has 0 saturated heterocycles. The molecule has 0 bridgehead atoms. The van der Waals surface area contributed by atoms with Crippen molar-refractivity contribution in [2.75, 3.05) is 11.9 Å². The molecule has 0 unspecified atom stereocenters. The zero-order chi connectivity index (χ0) is 12.5. The Morgan fingerprint density at radius 1 is 1.47 bits per heavy atom. The zero-order valence-corrected chi connectivity index (χ0v) is 10.4. The van der Waals surface area contributed by atoms with Gasteiger partial charge in [0, 0.05) is 25.2 Å². The van der Waals surface area contributed by atoms with Crippen molar-refractivity contribution < 1.29 is 4.74 Å². The monoisotopic (exact) mass is 233 g/mol. The summed E-state index contributed by atoms with van der Waals surface area (Å²) < 4.78 is 5.48. The molecule has 1 N–H and O–H groups in total. The van der Waals surface area contributed by atoms with Gasteiger partial charge in [-0.15, -0.1) is 12.3 Å². The number of ether oxygens (including phenoxy) is 1. The molecule has 1 rings (SSSR count). The molecule has 1 aromatic heterocycles. The second-order valence-electron chi connectivity index (χ2n) is 3.97. The molecule has 0 aliphatic carbocycles. The van der Waals surface area contributed by atoms with Gasteiger partial charge in [0.2, 0.25) is 11.8 Å². The van der Waals surface area contributed by atoms with Crippen LogP contribution in [0.25, 0.3) is 0 Å². The molecule has 0 radical (unpaired) electrons. The SMILES string of the molecule is C#CCCCCNc1nccc(OC(C)C)n1. The summed E-state index contributed by atoms with van der Waals surface area (Å²) in [4.78, 5) is 8.37. The average Bonchev–Trinajstić information content (AvgIpc) is 2.28. The predicted octanol–water partition coefficient (Wildman–Crippen LogP) is 2.48. The molecule has 1 aromatic rings. The first kappa shape index (κ1) is 13.3. The third-order valence-electron chi connectivity index (χ3n) is 2.02. The number of rotatable bonds is 7. The fourth-order valence-corrected chi connectivity index (χ4v) is 1.29. The second-order valence-corrected chi connectivity index (χ2v) is 3.97. The first-order valence-corrected chi connectivity index (χ1v) is 5.89. The van der Waals surface area contributed by atoms with E-state index in [9.17, 15) is 0 Å². The van der Waals surface area contributed by atoms with Gasteiger partial charge in [-0.2, -0.15) is 4.98 Å². The van der Waals surface area contributed by atoms with Gasteiger partial charge in [0.05, 0.1) is 6.10 Å². The van der Waals surface area contributed by atoms with Crippen molar-refractivity contribution in [3.05, 3.63) is 12.3 Å². The minimum atomic E-state index is 0.119. The molecule has 0 spiro atoms. The molecule has 1 heterocycles. The van der Waals surface area contributed by atoms with Gasteiger partial charge in [0.15, 0.2) is 0 Å². The van der Waals surface area contributed by atoms with Crippen LogP contribution < -0.4 is 10.1 Å². The number of hydrogen-bond donors (Lipinski definition) is 1. The lowest BCUT2D eigenvalue weighted by molar-refractivity contribution is 0.232.